The molecule has 5 rings (SSSR count). The van der Waals surface area contributed by atoms with Gasteiger partial charge in [-0.1, -0.05) is 62.4 Å². The summed E-state index contributed by atoms with van der Waals surface area (Å²) < 4.78 is 17.5. The van der Waals surface area contributed by atoms with Crippen LogP contribution in [0.5, 0.6) is 0 Å². The van der Waals surface area contributed by atoms with E-state index in [-0.39, 0.29) is 24.9 Å². The Labute approximate surface area is 210 Å². The average Bonchev–Trinajstić information content (AvgIpc) is 3.43. The van der Waals surface area contributed by atoms with Gasteiger partial charge in [0.05, 0.1) is 19.3 Å². The van der Waals surface area contributed by atoms with Crippen LogP contribution in [0.25, 0.3) is 10.8 Å². The van der Waals surface area contributed by atoms with Crippen molar-refractivity contribution in [3.8, 4) is 0 Å². The molecular formula is C27H29N3O4S. The summed E-state index contributed by atoms with van der Waals surface area (Å²) in [5.41, 5.74) is 2.83. The van der Waals surface area contributed by atoms with Crippen LogP contribution in [0, 0.1) is 0 Å². The first-order chi connectivity index (χ1) is 17.0. The van der Waals surface area contributed by atoms with E-state index in [4.69, 9.17) is 26.4 Å². The van der Waals surface area contributed by atoms with Gasteiger partial charge in [0.2, 0.25) is 0 Å². The Hall–Kier alpha value is -3.20. The molecule has 0 aromatic heterocycles. The van der Waals surface area contributed by atoms with E-state index in [0.717, 1.165) is 16.5 Å². The zero-order chi connectivity index (χ0) is 24.4. The number of fused-ring (bicyclic) bond motifs is 2. The van der Waals surface area contributed by atoms with Gasteiger partial charge in [-0.15, -0.1) is 0 Å². The Morgan fingerprint density at radius 2 is 1.69 bits per heavy atom. The first kappa shape index (κ1) is 23.5. The van der Waals surface area contributed by atoms with Crippen LogP contribution in [-0.4, -0.2) is 48.8 Å². The van der Waals surface area contributed by atoms with Crippen molar-refractivity contribution < 1.29 is 19.0 Å². The van der Waals surface area contributed by atoms with E-state index < -0.39 is 12.2 Å². The highest BCUT2D eigenvalue weighted by Crippen LogP contribution is 2.30. The molecule has 3 N–H and O–H groups in total. The predicted molar refractivity (Wildman–Crippen MR) is 141 cm³/mol. The van der Waals surface area contributed by atoms with E-state index in [2.05, 4.69) is 48.0 Å². The maximum atomic E-state index is 12.5. The Kier molecular flexibility index (Phi) is 6.86. The molecule has 2 fully saturated rings. The van der Waals surface area contributed by atoms with Crippen LogP contribution in [0.1, 0.15) is 25.3 Å². The Morgan fingerprint density at radius 3 is 2.49 bits per heavy atom. The molecular weight excluding hydrogens is 462 g/mol. The summed E-state index contributed by atoms with van der Waals surface area (Å²) in [6.07, 6.45) is -1.61. The second-order valence-corrected chi connectivity index (χ2v) is 9.58. The van der Waals surface area contributed by atoms with Crippen LogP contribution < -0.4 is 16.0 Å². The number of carbonyl (C=O) groups is 1. The molecule has 8 heteroatoms. The molecule has 3 aromatic rings. The van der Waals surface area contributed by atoms with Crippen molar-refractivity contribution in [1.29, 1.82) is 0 Å². The molecule has 182 valence electrons. The molecule has 0 spiro atoms. The van der Waals surface area contributed by atoms with Gasteiger partial charge in [0.1, 0.15) is 12.2 Å². The second kappa shape index (κ2) is 10.2. The largest absolute Gasteiger partial charge is 0.441 e. The van der Waals surface area contributed by atoms with Crippen molar-refractivity contribution in [3.05, 3.63) is 72.3 Å². The Morgan fingerprint density at radius 1 is 0.943 bits per heavy atom. The minimum Gasteiger partial charge on any atom is -0.441 e. The monoisotopic (exact) mass is 491 g/mol. The molecule has 0 radical (unpaired) electrons. The summed E-state index contributed by atoms with van der Waals surface area (Å²) in [6, 6.07) is 21.8. The van der Waals surface area contributed by atoms with Crippen LogP contribution in [0.3, 0.4) is 0 Å². The van der Waals surface area contributed by atoms with Crippen LogP contribution >= 0.6 is 12.2 Å². The molecule has 0 unspecified atom stereocenters. The lowest BCUT2D eigenvalue weighted by atomic mass is 10.0. The molecule has 2 heterocycles. The van der Waals surface area contributed by atoms with E-state index in [1.54, 1.807) is 0 Å². The minimum atomic E-state index is -0.523. The summed E-state index contributed by atoms with van der Waals surface area (Å²) >= 11 is 5.56. The molecule has 4 atom stereocenters. The summed E-state index contributed by atoms with van der Waals surface area (Å²) in [4.78, 5) is 12.5. The maximum absolute atomic E-state index is 12.5. The molecule has 1 amide bonds. The quantitative estimate of drug-likeness (QED) is 0.432. The van der Waals surface area contributed by atoms with Crippen molar-refractivity contribution in [2.24, 2.45) is 0 Å². The first-order valence-electron chi connectivity index (χ1n) is 11.8. The predicted octanol–water partition coefficient (Wildman–Crippen LogP) is 5.03. The second-order valence-electron chi connectivity index (χ2n) is 9.17. The number of hydrogen-bond acceptors (Lipinski definition) is 5. The molecule has 0 bridgehead atoms. The fraction of sp³-hybridized carbons (Fsp3) is 0.333. The number of thiocarbonyl (C=S) groups is 1. The SMILES string of the molecule is CC(C)c1ccc(NC(=O)O[C@@H]2CO[C@H]3[C@@H]2OC[C@@H]3NC(=S)Nc2cccc3ccccc23)cc1. The van der Waals surface area contributed by atoms with Crippen molar-refractivity contribution >= 4 is 45.6 Å². The Balaban J connectivity index is 1.14. The Bertz CT molecular complexity index is 1210. The van der Waals surface area contributed by atoms with E-state index in [1.807, 2.05) is 48.5 Å². The highest BCUT2D eigenvalue weighted by atomic mass is 32.1. The summed E-state index contributed by atoms with van der Waals surface area (Å²) in [5, 5.41) is 12.1. The molecule has 35 heavy (non-hydrogen) atoms. The number of rotatable bonds is 5. The van der Waals surface area contributed by atoms with Crippen LogP contribution in [-0.2, 0) is 14.2 Å². The van der Waals surface area contributed by atoms with Gasteiger partial charge in [-0.3, -0.25) is 5.32 Å². The van der Waals surface area contributed by atoms with E-state index in [9.17, 15) is 4.79 Å². The third-order valence-electron chi connectivity index (χ3n) is 6.44. The normalized spacial score (nSPS) is 23.2. The van der Waals surface area contributed by atoms with Crippen molar-refractivity contribution in [3.63, 3.8) is 0 Å². The third kappa shape index (κ3) is 5.24. The number of amides is 1. The number of benzene rings is 3. The van der Waals surface area contributed by atoms with E-state index in [1.165, 1.54) is 5.56 Å². The van der Waals surface area contributed by atoms with Crippen LogP contribution in [0.15, 0.2) is 66.7 Å². The molecule has 0 saturated carbocycles. The number of anilines is 2. The number of hydrogen-bond donors (Lipinski definition) is 3. The lowest BCUT2D eigenvalue weighted by Crippen LogP contribution is -2.46. The molecule has 3 aromatic carbocycles. The smallest absolute Gasteiger partial charge is 0.412 e. The molecule has 2 saturated heterocycles. The zero-order valence-electron chi connectivity index (χ0n) is 19.7. The lowest BCUT2D eigenvalue weighted by Gasteiger charge is -2.20. The van der Waals surface area contributed by atoms with Gasteiger partial charge in [-0.2, -0.15) is 0 Å². The van der Waals surface area contributed by atoms with E-state index >= 15 is 0 Å². The maximum Gasteiger partial charge on any atom is 0.412 e. The van der Waals surface area contributed by atoms with Gasteiger partial charge in [-0.25, -0.2) is 4.79 Å². The third-order valence-corrected chi connectivity index (χ3v) is 6.66. The molecule has 7 nitrogen and oxygen atoms in total. The minimum absolute atomic E-state index is 0.143. The molecule has 2 aliphatic heterocycles. The van der Waals surface area contributed by atoms with Gasteiger partial charge in [0, 0.05) is 16.8 Å². The zero-order valence-corrected chi connectivity index (χ0v) is 20.5. The van der Waals surface area contributed by atoms with Gasteiger partial charge >= 0.3 is 6.09 Å². The summed E-state index contributed by atoms with van der Waals surface area (Å²) in [5.74, 6) is 0.430. The summed E-state index contributed by atoms with van der Waals surface area (Å²) in [6.45, 7) is 4.94. The van der Waals surface area contributed by atoms with Crippen LogP contribution in [0.4, 0.5) is 16.2 Å². The number of nitrogens with one attached hydrogen (secondary N) is 3. The van der Waals surface area contributed by atoms with Crippen molar-refractivity contribution in [2.75, 3.05) is 23.8 Å². The van der Waals surface area contributed by atoms with Gasteiger partial charge in [0.25, 0.3) is 0 Å². The van der Waals surface area contributed by atoms with Gasteiger partial charge < -0.3 is 24.8 Å². The van der Waals surface area contributed by atoms with Crippen LogP contribution in [0.2, 0.25) is 0 Å². The highest BCUT2D eigenvalue weighted by Gasteiger charge is 2.49. The average molecular weight is 492 g/mol. The topological polar surface area (TPSA) is 80.9 Å². The number of ether oxygens (including phenoxy) is 3. The highest BCUT2D eigenvalue weighted by molar-refractivity contribution is 7.80. The summed E-state index contributed by atoms with van der Waals surface area (Å²) in [7, 11) is 0. The fourth-order valence-corrected chi connectivity index (χ4v) is 4.85. The van der Waals surface area contributed by atoms with Crippen molar-refractivity contribution in [1.82, 2.24) is 5.32 Å². The first-order valence-corrected chi connectivity index (χ1v) is 12.2. The van der Waals surface area contributed by atoms with E-state index in [0.29, 0.717) is 23.3 Å². The standard InChI is InChI=1S/C27H29N3O4S/c1-16(2)17-10-12-19(13-11-17)28-27(31)34-23-15-33-24-22(14-32-25(23)24)30-26(35)29-21-9-5-7-18-6-3-4-8-20(18)21/h3-13,16,22-25H,14-15H2,1-2H3,(H,28,31)(H2,29,30,35)/t22-,23+,24+,25+/m0/s1. The lowest BCUT2D eigenvalue weighted by molar-refractivity contribution is 0.00880. The molecule has 0 aliphatic carbocycles. The van der Waals surface area contributed by atoms with Gasteiger partial charge in [-0.05, 0) is 47.3 Å². The molecule has 2 aliphatic rings. The number of carbonyl (C=O) groups excluding carboxylic acids is 1. The fourth-order valence-electron chi connectivity index (χ4n) is 4.59. The van der Waals surface area contributed by atoms with Gasteiger partial charge in [0.15, 0.2) is 11.2 Å². The van der Waals surface area contributed by atoms with Crippen molar-refractivity contribution in [2.45, 2.75) is 44.1 Å².